The number of halogens is 4. The van der Waals surface area contributed by atoms with Gasteiger partial charge in [0, 0.05) is 6.42 Å². The fourth-order valence-electron chi connectivity index (χ4n) is 1.24. The average Bonchev–Trinajstić information content (AvgIpc) is 2.16. The monoisotopic (exact) mass is 271 g/mol. The first kappa shape index (κ1) is 16.0. The lowest BCUT2D eigenvalue weighted by Crippen LogP contribution is -2.38. The van der Waals surface area contributed by atoms with Crippen LogP contribution < -0.4 is 5.73 Å². The van der Waals surface area contributed by atoms with Gasteiger partial charge < -0.3 is 15.9 Å². The fourth-order valence-corrected chi connectivity index (χ4v) is 1.24. The largest absolute Gasteiger partial charge is 0.508 e. The van der Waals surface area contributed by atoms with E-state index in [0.717, 1.165) is 0 Å². The molecule has 1 aromatic carbocycles. The van der Waals surface area contributed by atoms with Crippen molar-refractivity contribution in [3.63, 3.8) is 0 Å². The predicted molar refractivity (Wildman–Crippen MR) is 59.0 cm³/mol. The summed E-state index contributed by atoms with van der Waals surface area (Å²) in [6, 6.07) is 3.35. The van der Waals surface area contributed by atoms with Gasteiger partial charge in [0.2, 0.25) is 0 Å². The van der Waals surface area contributed by atoms with Crippen LogP contribution in [-0.2, 0) is 0 Å². The second kappa shape index (κ2) is 6.09. The minimum Gasteiger partial charge on any atom is -0.508 e. The molecule has 0 aliphatic carbocycles. The maximum Gasteiger partial charge on any atom is 0.403 e. The molecule has 7 heteroatoms. The summed E-state index contributed by atoms with van der Waals surface area (Å²) in [5.41, 5.74) is 5.09. The summed E-state index contributed by atoms with van der Waals surface area (Å²) in [6.45, 7) is 0. The number of rotatable bonds is 3. The molecule has 0 bridgehead atoms. The predicted octanol–water partition coefficient (Wildman–Crippen LogP) is 2.13. The number of hydrogen-bond donors (Lipinski definition) is 3. The zero-order valence-corrected chi connectivity index (χ0v) is 9.50. The molecule has 1 aromatic rings. The van der Waals surface area contributed by atoms with Crippen LogP contribution in [0.3, 0.4) is 0 Å². The lowest BCUT2D eigenvalue weighted by atomic mass is 10.0. The Morgan fingerprint density at radius 1 is 1.29 bits per heavy atom. The van der Waals surface area contributed by atoms with Gasteiger partial charge in [-0.15, -0.1) is 12.4 Å². The van der Waals surface area contributed by atoms with E-state index in [0.29, 0.717) is 0 Å². The van der Waals surface area contributed by atoms with E-state index in [9.17, 15) is 18.3 Å². The fraction of sp³-hybridized carbons (Fsp3) is 0.400. The van der Waals surface area contributed by atoms with E-state index in [1.165, 1.54) is 24.3 Å². The van der Waals surface area contributed by atoms with Gasteiger partial charge in [-0.05, 0) is 17.7 Å². The molecule has 0 saturated carbocycles. The van der Waals surface area contributed by atoms with Gasteiger partial charge in [0.15, 0.2) is 0 Å². The number of phenolic OH excluding ortho intramolecular Hbond substituents is 1. The Bertz CT molecular complexity index is 360. The van der Waals surface area contributed by atoms with Gasteiger partial charge in [-0.1, -0.05) is 12.1 Å². The molecule has 0 unspecified atom stereocenters. The summed E-state index contributed by atoms with van der Waals surface area (Å²) in [6.07, 6.45) is -6.51. The molecule has 0 amide bonds. The quantitative estimate of drug-likeness (QED) is 0.789. The van der Waals surface area contributed by atoms with Crippen molar-refractivity contribution in [3.05, 3.63) is 29.8 Å². The first-order chi connectivity index (χ1) is 7.30. The van der Waals surface area contributed by atoms with Crippen molar-refractivity contribution in [2.75, 3.05) is 0 Å². The van der Waals surface area contributed by atoms with Gasteiger partial charge in [-0.3, -0.25) is 0 Å². The maximum atomic E-state index is 12.1. The number of hydrogen-bond acceptors (Lipinski definition) is 3. The Morgan fingerprint density at radius 3 is 2.35 bits per heavy atom. The van der Waals surface area contributed by atoms with Crippen molar-refractivity contribution in [2.45, 2.75) is 24.7 Å². The number of aliphatic hydroxyl groups is 1. The van der Waals surface area contributed by atoms with Gasteiger partial charge >= 0.3 is 6.18 Å². The number of aliphatic hydroxyl groups excluding tert-OH is 1. The smallest absolute Gasteiger partial charge is 0.403 e. The minimum absolute atomic E-state index is 0. The highest BCUT2D eigenvalue weighted by Gasteiger charge is 2.37. The molecule has 2 atom stereocenters. The van der Waals surface area contributed by atoms with Crippen LogP contribution in [0.2, 0.25) is 0 Å². The highest BCUT2D eigenvalue weighted by Crippen LogP contribution is 2.27. The number of benzene rings is 1. The average molecular weight is 272 g/mol. The van der Waals surface area contributed by atoms with E-state index < -0.39 is 24.7 Å². The van der Waals surface area contributed by atoms with E-state index >= 15 is 0 Å². The number of phenols is 1. The molecule has 4 N–H and O–H groups in total. The third-order valence-electron chi connectivity index (χ3n) is 2.15. The standard InChI is InChI=1S/C10H12F3NO2.ClH/c11-10(12,13)9(14)5-8(16)6-2-1-3-7(15)4-6;/h1-4,8-9,15-16H,5,14H2;1H/t8-,9+;/m0./s1. The summed E-state index contributed by atoms with van der Waals surface area (Å²) < 4.78 is 36.4. The van der Waals surface area contributed by atoms with E-state index in [2.05, 4.69) is 0 Å². The van der Waals surface area contributed by atoms with Crippen LogP contribution in [0.25, 0.3) is 0 Å². The highest BCUT2D eigenvalue weighted by atomic mass is 35.5. The van der Waals surface area contributed by atoms with Crippen LogP contribution in [0.5, 0.6) is 5.75 Å². The van der Waals surface area contributed by atoms with Gasteiger partial charge in [0.25, 0.3) is 0 Å². The van der Waals surface area contributed by atoms with Crippen molar-refractivity contribution in [2.24, 2.45) is 5.73 Å². The molecule has 3 nitrogen and oxygen atoms in total. The van der Waals surface area contributed by atoms with Crippen molar-refractivity contribution in [1.82, 2.24) is 0 Å². The summed E-state index contributed by atoms with van der Waals surface area (Å²) in [5.74, 6) is -0.114. The van der Waals surface area contributed by atoms with Crippen LogP contribution >= 0.6 is 12.4 Å². The highest BCUT2D eigenvalue weighted by molar-refractivity contribution is 5.85. The summed E-state index contributed by atoms with van der Waals surface area (Å²) >= 11 is 0. The molecular formula is C10H13ClF3NO2. The Hall–Kier alpha value is -0.980. The van der Waals surface area contributed by atoms with Gasteiger partial charge in [-0.2, -0.15) is 13.2 Å². The molecule has 1 rings (SSSR count). The molecule has 0 aliphatic heterocycles. The molecular weight excluding hydrogens is 259 g/mol. The molecule has 0 fully saturated rings. The third kappa shape index (κ3) is 4.80. The molecule has 0 saturated heterocycles. The molecule has 0 heterocycles. The number of aromatic hydroxyl groups is 1. The molecule has 98 valence electrons. The van der Waals surface area contributed by atoms with Crippen molar-refractivity contribution >= 4 is 12.4 Å². The summed E-state index contributed by atoms with van der Waals surface area (Å²) in [7, 11) is 0. The summed E-state index contributed by atoms with van der Waals surface area (Å²) in [5, 5.41) is 18.6. The van der Waals surface area contributed by atoms with Gasteiger partial charge in [0.1, 0.15) is 11.8 Å². The Morgan fingerprint density at radius 2 is 1.88 bits per heavy atom. The molecule has 0 aromatic heterocycles. The zero-order valence-electron chi connectivity index (χ0n) is 8.69. The number of alkyl halides is 3. The van der Waals surface area contributed by atoms with Gasteiger partial charge in [0.05, 0.1) is 6.10 Å². The normalized spacial score (nSPS) is 14.9. The van der Waals surface area contributed by atoms with Crippen LogP contribution in [0.4, 0.5) is 13.2 Å². The lowest BCUT2D eigenvalue weighted by Gasteiger charge is -2.19. The minimum atomic E-state index is -4.53. The van der Waals surface area contributed by atoms with Crippen LogP contribution in [0, 0.1) is 0 Å². The van der Waals surface area contributed by atoms with E-state index in [4.69, 9.17) is 10.8 Å². The molecule has 17 heavy (non-hydrogen) atoms. The topological polar surface area (TPSA) is 66.5 Å². The van der Waals surface area contributed by atoms with Crippen molar-refractivity contribution in [1.29, 1.82) is 0 Å². The number of nitrogens with two attached hydrogens (primary N) is 1. The van der Waals surface area contributed by atoms with Crippen LogP contribution in [-0.4, -0.2) is 22.4 Å². The molecule has 0 aliphatic rings. The van der Waals surface area contributed by atoms with Crippen molar-refractivity contribution in [3.8, 4) is 5.75 Å². The van der Waals surface area contributed by atoms with Gasteiger partial charge in [-0.25, -0.2) is 0 Å². The SMILES string of the molecule is Cl.N[C@H](C[C@H](O)c1cccc(O)c1)C(F)(F)F. The molecule has 0 spiro atoms. The third-order valence-corrected chi connectivity index (χ3v) is 2.15. The van der Waals surface area contributed by atoms with E-state index in [-0.39, 0.29) is 23.7 Å². The zero-order chi connectivity index (χ0) is 12.3. The lowest BCUT2D eigenvalue weighted by molar-refractivity contribution is -0.153. The second-order valence-corrected chi connectivity index (χ2v) is 3.49. The first-order valence-electron chi connectivity index (χ1n) is 4.60. The van der Waals surface area contributed by atoms with Crippen molar-refractivity contribution < 1.29 is 23.4 Å². The van der Waals surface area contributed by atoms with E-state index in [1.807, 2.05) is 0 Å². The molecule has 0 radical (unpaired) electrons. The Kier molecular flexibility index (Phi) is 5.74. The summed E-state index contributed by atoms with van der Waals surface area (Å²) in [4.78, 5) is 0. The van der Waals surface area contributed by atoms with E-state index in [1.54, 1.807) is 0 Å². The Labute approximate surface area is 102 Å². The van der Waals surface area contributed by atoms with Crippen LogP contribution in [0.1, 0.15) is 18.1 Å². The second-order valence-electron chi connectivity index (χ2n) is 3.49. The maximum absolute atomic E-state index is 12.1. The Balaban J connectivity index is 0.00000256. The first-order valence-corrected chi connectivity index (χ1v) is 4.60. The van der Waals surface area contributed by atoms with Crippen LogP contribution in [0.15, 0.2) is 24.3 Å².